The van der Waals surface area contributed by atoms with Crippen molar-refractivity contribution in [3.63, 3.8) is 0 Å². The molecule has 106 valence electrons. The first-order valence-corrected chi connectivity index (χ1v) is 7.99. The average molecular weight is 399 g/mol. The maximum Gasteiger partial charge on any atom is 0.0744 e. The van der Waals surface area contributed by atoms with E-state index in [1.807, 2.05) is 18.2 Å². The quantitative estimate of drug-likeness (QED) is 0.714. The molecule has 0 fully saturated rings. The molecule has 0 saturated carbocycles. The third kappa shape index (κ3) is 3.62. The van der Waals surface area contributed by atoms with Crippen molar-refractivity contribution < 1.29 is 4.74 Å². The summed E-state index contributed by atoms with van der Waals surface area (Å²) < 4.78 is 7.45. The van der Waals surface area contributed by atoms with Gasteiger partial charge in [0.15, 0.2) is 0 Å². The molecule has 0 aliphatic carbocycles. The highest BCUT2D eigenvalue weighted by Crippen LogP contribution is 2.30. The molecule has 0 amide bonds. The number of ether oxygens (including phenoxy) is 1. The SMILES string of the molecule is COCc1c(Br)cccc1NC(C)c1ccccc1Br. The molecule has 2 rings (SSSR count). The monoisotopic (exact) mass is 397 g/mol. The van der Waals surface area contributed by atoms with Crippen LogP contribution >= 0.6 is 31.9 Å². The lowest BCUT2D eigenvalue weighted by atomic mass is 10.1. The van der Waals surface area contributed by atoms with Gasteiger partial charge in [0.25, 0.3) is 0 Å². The van der Waals surface area contributed by atoms with Gasteiger partial charge >= 0.3 is 0 Å². The maximum atomic E-state index is 5.28. The Morgan fingerprint density at radius 2 is 1.75 bits per heavy atom. The molecule has 0 saturated heterocycles. The van der Waals surface area contributed by atoms with Crippen LogP contribution in [0.4, 0.5) is 5.69 Å². The second kappa shape index (κ2) is 7.25. The van der Waals surface area contributed by atoms with Crippen LogP contribution < -0.4 is 5.32 Å². The minimum atomic E-state index is 0.204. The van der Waals surface area contributed by atoms with Crippen LogP contribution in [0.5, 0.6) is 0 Å². The summed E-state index contributed by atoms with van der Waals surface area (Å²) in [6.45, 7) is 2.73. The molecule has 0 bridgehead atoms. The van der Waals surface area contributed by atoms with Crippen LogP contribution in [0.15, 0.2) is 51.4 Å². The maximum absolute atomic E-state index is 5.28. The van der Waals surface area contributed by atoms with Crippen LogP contribution in [0, 0.1) is 0 Å². The largest absolute Gasteiger partial charge is 0.380 e. The van der Waals surface area contributed by atoms with Gasteiger partial charge < -0.3 is 10.1 Å². The summed E-state index contributed by atoms with van der Waals surface area (Å²) in [6, 6.07) is 14.6. The zero-order valence-corrected chi connectivity index (χ0v) is 14.7. The van der Waals surface area contributed by atoms with Crippen molar-refractivity contribution >= 4 is 37.5 Å². The topological polar surface area (TPSA) is 21.3 Å². The van der Waals surface area contributed by atoms with Gasteiger partial charge in [-0.25, -0.2) is 0 Å². The van der Waals surface area contributed by atoms with Crippen LogP contribution in [0.1, 0.15) is 24.1 Å². The fourth-order valence-corrected chi connectivity index (χ4v) is 3.23. The predicted molar refractivity (Wildman–Crippen MR) is 91.0 cm³/mol. The first-order chi connectivity index (χ1) is 9.63. The summed E-state index contributed by atoms with van der Waals surface area (Å²) >= 11 is 7.18. The van der Waals surface area contributed by atoms with E-state index in [-0.39, 0.29) is 6.04 Å². The third-order valence-corrected chi connectivity index (χ3v) is 4.62. The molecule has 0 aliphatic rings. The number of nitrogens with one attached hydrogen (secondary N) is 1. The van der Waals surface area contributed by atoms with Crippen molar-refractivity contribution in [2.24, 2.45) is 0 Å². The van der Waals surface area contributed by atoms with E-state index in [9.17, 15) is 0 Å². The second-order valence-corrected chi connectivity index (χ2v) is 6.30. The fraction of sp³-hybridized carbons (Fsp3) is 0.250. The summed E-state index contributed by atoms with van der Waals surface area (Å²) in [6.07, 6.45) is 0. The van der Waals surface area contributed by atoms with Crippen LogP contribution in [0.25, 0.3) is 0 Å². The molecule has 0 aromatic heterocycles. The summed E-state index contributed by atoms with van der Waals surface area (Å²) in [5.74, 6) is 0. The molecule has 1 N–H and O–H groups in total. The Hall–Kier alpha value is -0.840. The molecule has 0 radical (unpaired) electrons. The van der Waals surface area contributed by atoms with Gasteiger partial charge in [0.2, 0.25) is 0 Å². The van der Waals surface area contributed by atoms with E-state index in [0.29, 0.717) is 6.61 Å². The summed E-state index contributed by atoms with van der Waals surface area (Å²) in [5, 5.41) is 3.55. The van der Waals surface area contributed by atoms with E-state index in [2.05, 4.69) is 68.4 Å². The molecule has 4 heteroatoms. The Bertz CT molecular complexity index is 586. The molecule has 0 aliphatic heterocycles. The molecule has 0 heterocycles. The van der Waals surface area contributed by atoms with Crippen molar-refractivity contribution in [2.45, 2.75) is 19.6 Å². The minimum absolute atomic E-state index is 0.204. The lowest BCUT2D eigenvalue weighted by Gasteiger charge is -2.20. The van der Waals surface area contributed by atoms with Crippen molar-refractivity contribution in [3.05, 3.63) is 62.5 Å². The fourth-order valence-electron chi connectivity index (χ4n) is 2.12. The van der Waals surface area contributed by atoms with Crippen molar-refractivity contribution in [2.75, 3.05) is 12.4 Å². The molecule has 20 heavy (non-hydrogen) atoms. The molecular weight excluding hydrogens is 382 g/mol. The van der Waals surface area contributed by atoms with Crippen molar-refractivity contribution in [1.82, 2.24) is 0 Å². The number of rotatable bonds is 5. The first kappa shape index (κ1) is 15.5. The van der Waals surface area contributed by atoms with Gasteiger partial charge in [-0.15, -0.1) is 0 Å². The molecule has 2 aromatic carbocycles. The van der Waals surface area contributed by atoms with E-state index in [4.69, 9.17) is 4.74 Å². The number of anilines is 1. The summed E-state index contributed by atoms with van der Waals surface area (Å²) in [5.41, 5.74) is 3.45. The highest BCUT2D eigenvalue weighted by atomic mass is 79.9. The number of halogens is 2. The smallest absolute Gasteiger partial charge is 0.0744 e. The second-order valence-electron chi connectivity index (χ2n) is 4.59. The van der Waals surface area contributed by atoms with Crippen LogP contribution in [-0.4, -0.2) is 7.11 Å². The molecule has 0 spiro atoms. The van der Waals surface area contributed by atoms with E-state index in [1.54, 1.807) is 7.11 Å². The van der Waals surface area contributed by atoms with Gasteiger partial charge in [-0.2, -0.15) is 0 Å². The van der Waals surface area contributed by atoms with Gasteiger partial charge in [-0.05, 0) is 30.7 Å². The van der Waals surface area contributed by atoms with E-state index >= 15 is 0 Å². The molecular formula is C16H17Br2NO. The minimum Gasteiger partial charge on any atom is -0.380 e. The Labute approximate surface area is 136 Å². The standard InChI is InChI=1S/C16H17Br2NO/c1-11(12-6-3-4-7-14(12)17)19-16-9-5-8-15(18)13(16)10-20-2/h3-9,11,19H,10H2,1-2H3. The predicted octanol–water partition coefficient (Wildman–Crippen LogP) is 5.53. The lowest BCUT2D eigenvalue weighted by molar-refractivity contribution is 0.185. The van der Waals surface area contributed by atoms with Crippen LogP contribution in [-0.2, 0) is 11.3 Å². The lowest BCUT2D eigenvalue weighted by Crippen LogP contribution is -2.09. The molecule has 2 aromatic rings. The van der Waals surface area contributed by atoms with Gasteiger partial charge in [-0.1, -0.05) is 56.1 Å². The third-order valence-electron chi connectivity index (χ3n) is 3.15. The van der Waals surface area contributed by atoms with E-state index in [1.165, 1.54) is 5.56 Å². The van der Waals surface area contributed by atoms with Crippen molar-refractivity contribution in [3.8, 4) is 0 Å². The number of methoxy groups -OCH3 is 1. The van der Waals surface area contributed by atoms with Crippen molar-refractivity contribution in [1.29, 1.82) is 0 Å². The Morgan fingerprint density at radius 3 is 2.45 bits per heavy atom. The normalized spacial score (nSPS) is 12.2. The van der Waals surface area contributed by atoms with Crippen LogP contribution in [0.2, 0.25) is 0 Å². The number of hydrogen-bond donors (Lipinski definition) is 1. The van der Waals surface area contributed by atoms with E-state index in [0.717, 1.165) is 20.2 Å². The van der Waals surface area contributed by atoms with Gasteiger partial charge in [-0.3, -0.25) is 0 Å². The van der Waals surface area contributed by atoms with Gasteiger partial charge in [0.1, 0.15) is 0 Å². The van der Waals surface area contributed by atoms with Gasteiger partial charge in [0, 0.05) is 33.3 Å². The summed E-state index contributed by atoms with van der Waals surface area (Å²) in [4.78, 5) is 0. The first-order valence-electron chi connectivity index (χ1n) is 6.40. The Balaban J connectivity index is 2.26. The zero-order chi connectivity index (χ0) is 14.5. The molecule has 1 atom stereocenters. The van der Waals surface area contributed by atoms with Crippen LogP contribution in [0.3, 0.4) is 0 Å². The number of benzene rings is 2. The summed E-state index contributed by atoms with van der Waals surface area (Å²) in [7, 11) is 1.71. The highest BCUT2D eigenvalue weighted by Gasteiger charge is 2.12. The van der Waals surface area contributed by atoms with Gasteiger partial charge in [0.05, 0.1) is 6.61 Å². The molecule has 2 nitrogen and oxygen atoms in total. The van der Waals surface area contributed by atoms with E-state index < -0.39 is 0 Å². The number of hydrogen-bond acceptors (Lipinski definition) is 2. The Morgan fingerprint density at radius 1 is 1.05 bits per heavy atom. The highest BCUT2D eigenvalue weighted by molar-refractivity contribution is 9.10. The zero-order valence-electron chi connectivity index (χ0n) is 11.5. The average Bonchev–Trinajstić information content (AvgIpc) is 2.43. The molecule has 1 unspecified atom stereocenters. The Kier molecular flexibility index (Phi) is 5.64.